The van der Waals surface area contributed by atoms with Crippen molar-refractivity contribution in [3.8, 4) is 0 Å². The summed E-state index contributed by atoms with van der Waals surface area (Å²) in [5, 5.41) is 0. The Morgan fingerprint density at radius 3 is 2.12 bits per heavy atom. The second-order valence-corrected chi connectivity index (χ2v) is 4.17. The monoisotopic (exact) mass is 244 g/mol. The van der Waals surface area contributed by atoms with Crippen molar-refractivity contribution in [2.24, 2.45) is 0 Å². The van der Waals surface area contributed by atoms with Crippen LogP contribution in [0.2, 0.25) is 0 Å². The standard InChI is InChI=1S/C11H22N2O2.C2H6/c1-4-12-5-7-13(8-6-12)11(14)9-15-10(2)3;1-2/h10H,4-9H2,1-3H3;1-2H3. The molecule has 0 bridgehead atoms. The summed E-state index contributed by atoms with van der Waals surface area (Å²) in [4.78, 5) is 15.9. The van der Waals surface area contributed by atoms with E-state index in [0.717, 1.165) is 32.7 Å². The van der Waals surface area contributed by atoms with Crippen LogP contribution in [0.3, 0.4) is 0 Å². The van der Waals surface area contributed by atoms with Crippen molar-refractivity contribution in [2.45, 2.75) is 40.7 Å². The van der Waals surface area contributed by atoms with E-state index in [1.54, 1.807) is 0 Å². The summed E-state index contributed by atoms with van der Waals surface area (Å²) in [6, 6.07) is 0. The van der Waals surface area contributed by atoms with Gasteiger partial charge in [-0.25, -0.2) is 0 Å². The SMILES string of the molecule is CC.CCN1CCN(C(=O)COC(C)C)CC1. The molecule has 0 atom stereocenters. The van der Waals surface area contributed by atoms with Crippen LogP contribution in [0, 0.1) is 0 Å². The van der Waals surface area contributed by atoms with Crippen molar-refractivity contribution >= 4 is 5.91 Å². The van der Waals surface area contributed by atoms with Crippen LogP contribution >= 0.6 is 0 Å². The van der Waals surface area contributed by atoms with Crippen LogP contribution in [0.15, 0.2) is 0 Å². The van der Waals surface area contributed by atoms with Gasteiger partial charge in [0.15, 0.2) is 0 Å². The van der Waals surface area contributed by atoms with Crippen LogP contribution < -0.4 is 0 Å². The molecule has 0 aliphatic carbocycles. The van der Waals surface area contributed by atoms with Gasteiger partial charge in [0.05, 0.1) is 6.10 Å². The first kappa shape index (κ1) is 16.4. The lowest BCUT2D eigenvalue weighted by Gasteiger charge is -2.34. The average molecular weight is 244 g/mol. The van der Waals surface area contributed by atoms with Gasteiger partial charge in [0.2, 0.25) is 5.91 Å². The first-order valence-electron chi connectivity index (χ1n) is 6.75. The first-order valence-corrected chi connectivity index (χ1v) is 6.75. The molecule has 4 heteroatoms. The van der Waals surface area contributed by atoms with Crippen LogP contribution in [0.1, 0.15) is 34.6 Å². The molecule has 0 aromatic carbocycles. The molecule has 0 unspecified atom stereocenters. The Morgan fingerprint density at radius 1 is 1.18 bits per heavy atom. The van der Waals surface area contributed by atoms with E-state index >= 15 is 0 Å². The lowest BCUT2D eigenvalue weighted by atomic mass is 10.3. The van der Waals surface area contributed by atoms with Gasteiger partial charge in [0.1, 0.15) is 6.61 Å². The molecule has 0 aromatic heterocycles. The van der Waals surface area contributed by atoms with Crippen LogP contribution in [0.25, 0.3) is 0 Å². The van der Waals surface area contributed by atoms with Gasteiger partial charge in [-0.1, -0.05) is 20.8 Å². The number of hydrogen-bond donors (Lipinski definition) is 0. The molecule has 1 rings (SSSR count). The number of likely N-dealkylation sites (N-methyl/N-ethyl adjacent to an activating group) is 1. The fourth-order valence-corrected chi connectivity index (χ4v) is 1.64. The molecular formula is C13H28N2O2. The molecule has 1 aliphatic rings. The van der Waals surface area contributed by atoms with E-state index < -0.39 is 0 Å². The molecule has 0 N–H and O–H groups in total. The Hall–Kier alpha value is -0.610. The Kier molecular flexibility index (Phi) is 9.09. The molecule has 0 saturated carbocycles. The summed E-state index contributed by atoms with van der Waals surface area (Å²) in [5.41, 5.74) is 0. The van der Waals surface area contributed by atoms with Crippen molar-refractivity contribution < 1.29 is 9.53 Å². The molecule has 17 heavy (non-hydrogen) atoms. The minimum atomic E-state index is 0.124. The maximum atomic E-state index is 11.7. The van der Waals surface area contributed by atoms with Gasteiger partial charge in [0.25, 0.3) is 0 Å². The third-order valence-corrected chi connectivity index (χ3v) is 2.71. The average Bonchev–Trinajstić information content (AvgIpc) is 2.38. The molecule has 1 saturated heterocycles. The summed E-state index contributed by atoms with van der Waals surface area (Å²) in [5.74, 6) is 0.124. The minimum absolute atomic E-state index is 0.124. The van der Waals surface area contributed by atoms with Gasteiger partial charge in [-0.2, -0.15) is 0 Å². The van der Waals surface area contributed by atoms with Gasteiger partial charge in [-0.15, -0.1) is 0 Å². The van der Waals surface area contributed by atoms with Crippen LogP contribution in [0.4, 0.5) is 0 Å². The Labute approximate surface area is 106 Å². The zero-order valence-corrected chi connectivity index (χ0v) is 12.0. The second-order valence-electron chi connectivity index (χ2n) is 4.17. The molecule has 0 spiro atoms. The van der Waals surface area contributed by atoms with E-state index in [1.807, 2.05) is 32.6 Å². The predicted molar refractivity (Wildman–Crippen MR) is 71.1 cm³/mol. The molecule has 102 valence electrons. The summed E-state index contributed by atoms with van der Waals surface area (Å²) in [6.07, 6.45) is 0.130. The van der Waals surface area contributed by atoms with Gasteiger partial charge >= 0.3 is 0 Å². The number of nitrogens with zero attached hydrogens (tertiary/aromatic N) is 2. The highest BCUT2D eigenvalue weighted by Gasteiger charge is 2.19. The topological polar surface area (TPSA) is 32.8 Å². The van der Waals surface area contributed by atoms with E-state index in [0.29, 0.717) is 0 Å². The van der Waals surface area contributed by atoms with E-state index in [9.17, 15) is 4.79 Å². The predicted octanol–water partition coefficient (Wildman–Crippen LogP) is 1.60. The van der Waals surface area contributed by atoms with Gasteiger partial charge in [-0.3, -0.25) is 4.79 Å². The Balaban J connectivity index is 0.00000121. The fraction of sp³-hybridized carbons (Fsp3) is 0.923. The third kappa shape index (κ3) is 6.64. The maximum Gasteiger partial charge on any atom is 0.248 e. The number of amides is 1. The third-order valence-electron chi connectivity index (χ3n) is 2.71. The lowest BCUT2D eigenvalue weighted by Crippen LogP contribution is -2.49. The van der Waals surface area contributed by atoms with Crippen molar-refractivity contribution in [1.82, 2.24) is 9.80 Å². The number of ether oxygens (including phenoxy) is 1. The highest BCUT2D eigenvalue weighted by Crippen LogP contribution is 2.02. The van der Waals surface area contributed by atoms with Crippen LogP contribution in [-0.4, -0.2) is 61.1 Å². The number of carbonyl (C=O) groups is 1. The Morgan fingerprint density at radius 2 is 1.71 bits per heavy atom. The maximum absolute atomic E-state index is 11.7. The second kappa shape index (κ2) is 9.42. The van der Waals surface area contributed by atoms with Gasteiger partial charge in [-0.05, 0) is 20.4 Å². The van der Waals surface area contributed by atoms with Gasteiger partial charge in [0, 0.05) is 26.2 Å². The first-order chi connectivity index (χ1) is 8.13. The fourth-order valence-electron chi connectivity index (χ4n) is 1.64. The minimum Gasteiger partial charge on any atom is -0.369 e. The number of rotatable bonds is 4. The van der Waals surface area contributed by atoms with Crippen molar-refractivity contribution in [3.63, 3.8) is 0 Å². The van der Waals surface area contributed by atoms with E-state index in [1.165, 1.54) is 0 Å². The highest BCUT2D eigenvalue weighted by atomic mass is 16.5. The van der Waals surface area contributed by atoms with Crippen LogP contribution in [-0.2, 0) is 9.53 Å². The zero-order valence-electron chi connectivity index (χ0n) is 12.0. The van der Waals surface area contributed by atoms with E-state index in [-0.39, 0.29) is 18.6 Å². The smallest absolute Gasteiger partial charge is 0.248 e. The molecule has 0 aromatic rings. The largest absolute Gasteiger partial charge is 0.369 e. The molecule has 1 amide bonds. The van der Waals surface area contributed by atoms with Gasteiger partial charge < -0.3 is 14.5 Å². The summed E-state index contributed by atoms with van der Waals surface area (Å²) in [6.45, 7) is 15.0. The summed E-state index contributed by atoms with van der Waals surface area (Å²) < 4.78 is 5.31. The molecule has 1 fully saturated rings. The summed E-state index contributed by atoms with van der Waals surface area (Å²) >= 11 is 0. The normalized spacial score (nSPS) is 16.7. The molecule has 0 radical (unpaired) electrons. The molecular weight excluding hydrogens is 216 g/mol. The van der Waals surface area contributed by atoms with Crippen molar-refractivity contribution in [2.75, 3.05) is 39.3 Å². The Bertz CT molecular complexity index is 200. The van der Waals surface area contributed by atoms with Crippen molar-refractivity contribution in [3.05, 3.63) is 0 Å². The molecule has 1 aliphatic heterocycles. The number of hydrogen-bond acceptors (Lipinski definition) is 3. The van der Waals surface area contributed by atoms with Crippen molar-refractivity contribution in [1.29, 1.82) is 0 Å². The molecule has 4 nitrogen and oxygen atoms in total. The molecule has 1 heterocycles. The van der Waals surface area contributed by atoms with Crippen LogP contribution in [0.5, 0.6) is 0 Å². The number of piperazine rings is 1. The summed E-state index contributed by atoms with van der Waals surface area (Å²) in [7, 11) is 0. The zero-order chi connectivity index (χ0) is 13.3. The lowest BCUT2D eigenvalue weighted by molar-refractivity contribution is -0.139. The van der Waals surface area contributed by atoms with E-state index in [2.05, 4.69) is 11.8 Å². The van der Waals surface area contributed by atoms with E-state index in [4.69, 9.17) is 4.74 Å². The number of carbonyl (C=O) groups excluding carboxylic acids is 1. The quantitative estimate of drug-likeness (QED) is 0.753. The highest BCUT2D eigenvalue weighted by molar-refractivity contribution is 5.77.